The van der Waals surface area contributed by atoms with Crippen LogP contribution in [0.1, 0.15) is 29.9 Å². The molecule has 1 heterocycles. The van der Waals surface area contributed by atoms with Crippen molar-refractivity contribution in [2.45, 2.75) is 25.8 Å². The fraction of sp³-hybridized carbons (Fsp3) is 0.385. The number of imidazole rings is 1. The van der Waals surface area contributed by atoms with E-state index < -0.39 is 5.97 Å². The fourth-order valence-corrected chi connectivity index (χ4v) is 2.36. The maximum atomic E-state index is 11.2. The van der Waals surface area contributed by atoms with E-state index in [1.807, 2.05) is 28.8 Å². The van der Waals surface area contributed by atoms with Crippen LogP contribution in [0.15, 0.2) is 24.3 Å². The minimum atomic E-state index is -0.944. The van der Waals surface area contributed by atoms with Crippen LogP contribution < -0.4 is 0 Å². The number of fused-ring (bicyclic) bond motifs is 1. The minimum absolute atomic E-state index is 0.165. The molecule has 1 saturated carbocycles. The molecule has 0 radical (unpaired) electrons. The summed E-state index contributed by atoms with van der Waals surface area (Å²) in [4.78, 5) is 15.4. The first-order valence-electron chi connectivity index (χ1n) is 5.94. The zero-order chi connectivity index (χ0) is 11.8. The van der Waals surface area contributed by atoms with Crippen molar-refractivity contribution in [2.24, 2.45) is 5.92 Å². The lowest BCUT2D eigenvalue weighted by molar-refractivity contribution is 0.0676. The summed E-state index contributed by atoms with van der Waals surface area (Å²) in [6, 6.07) is 7.61. The van der Waals surface area contributed by atoms with E-state index in [1.165, 1.54) is 19.3 Å². The molecule has 0 aliphatic heterocycles. The number of aromatic carboxylic acids is 1. The molecule has 1 aromatic carbocycles. The number of carboxylic acids is 1. The SMILES string of the molecule is O=C(O)c1nc2ccccc2n1CC1CCC1. The first-order chi connectivity index (χ1) is 8.25. The van der Waals surface area contributed by atoms with Crippen molar-refractivity contribution in [1.82, 2.24) is 9.55 Å². The Labute approximate surface area is 98.9 Å². The second kappa shape index (κ2) is 3.87. The Hall–Kier alpha value is -1.84. The maximum Gasteiger partial charge on any atom is 0.372 e. The van der Waals surface area contributed by atoms with Crippen LogP contribution in [0.5, 0.6) is 0 Å². The monoisotopic (exact) mass is 230 g/mol. The second-order valence-electron chi connectivity index (χ2n) is 4.64. The van der Waals surface area contributed by atoms with Crippen LogP contribution in [-0.2, 0) is 6.54 Å². The molecule has 0 amide bonds. The van der Waals surface area contributed by atoms with Crippen molar-refractivity contribution in [3.63, 3.8) is 0 Å². The number of hydrogen-bond donors (Lipinski definition) is 1. The molecular weight excluding hydrogens is 216 g/mol. The standard InChI is InChI=1S/C13H14N2O2/c16-13(17)12-14-10-6-1-2-7-11(10)15(12)8-9-4-3-5-9/h1-2,6-7,9H,3-5,8H2,(H,16,17). The molecule has 1 N–H and O–H groups in total. The Morgan fingerprint density at radius 3 is 2.82 bits per heavy atom. The Kier molecular flexibility index (Phi) is 2.35. The van der Waals surface area contributed by atoms with Crippen LogP contribution in [0, 0.1) is 5.92 Å². The minimum Gasteiger partial charge on any atom is -0.475 e. The van der Waals surface area contributed by atoms with Gasteiger partial charge in [0.15, 0.2) is 0 Å². The van der Waals surface area contributed by atoms with E-state index in [-0.39, 0.29) is 5.82 Å². The summed E-state index contributed by atoms with van der Waals surface area (Å²) in [5, 5.41) is 9.19. The highest BCUT2D eigenvalue weighted by Crippen LogP contribution is 2.29. The molecule has 4 nitrogen and oxygen atoms in total. The number of nitrogens with zero attached hydrogens (tertiary/aromatic N) is 2. The lowest BCUT2D eigenvalue weighted by atomic mass is 9.85. The quantitative estimate of drug-likeness (QED) is 0.881. The van der Waals surface area contributed by atoms with Crippen LogP contribution in [0.2, 0.25) is 0 Å². The van der Waals surface area contributed by atoms with E-state index in [0.717, 1.165) is 17.6 Å². The molecule has 17 heavy (non-hydrogen) atoms. The van der Waals surface area contributed by atoms with E-state index >= 15 is 0 Å². The molecule has 0 unspecified atom stereocenters. The summed E-state index contributed by atoms with van der Waals surface area (Å²) < 4.78 is 1.85. The molecular formula is C13H14N2O2. The number of hydrogen-bond acceptors (Lipinski definition) is 2. The Balaban J connectivity index is 2.10. The van der Waals surface area contributed by atoms with Gasteiger partial charge in [-0.1, -0.05) is 18.6 Å². The van der Waals surface area contributed by atoms with E-state index in [2.05, 4.69) is 4.98 Å². The highest BCUT2D eigenvalue weighted by molar-refractivity contribution is 5.89. The zero-order valence-corrected chi connectivity index (χ0v) is 9.47. The Bertz CT molecular complexity index is 570. The number of carbonyl (C=O) groups is 1. The predicted molar refractivity (Wildman–Crippen MR) is 64.0 cm³/mol. The van der Waals surface area contributed by atoms with Crippen LogP contribution in [0.25, 0.3) is 11.0 Å². The van der Waals surface area contributed by atoms with Gasteiger partial charge < -0.3 is 9.67 Å². The van der Waals surface area contributed by atoms with E-state index in [0.29, 0.717) is 5.92 Å². The third-order valence-electron chi connectivity index (χ3n) is 3.51. The van der Waals surface area contributed by atoms with Gasteiger partial charge in [0.1, 0.15) is 0 Å². The second-order valence-corrected chi connectivity index (χ2v) is 4.64. The lowest BCUT2D eigenvalue weighted by Crippen LogP contribution is -2.20. The first kappa shape index (κ1) is 10.3. The summed E-state index contributed by atoms with van der Waals surface area (Å²) in [5.74, 6) is -0.163. The molecule has 1 aromatic heterocycles. The summed E-state index contributed by atoms with van der Waals surface area (Å²) in [6.45, 7) is 0.780. The molecule has 88 valence electrons. The Morgan fingerprint density at radius 1 is 1.41 bits per heavy atom. The van der Waals surface area contributed by atoms with Gasteiger partial charge >= 0.3 is 5.97 Å². The number of carboxylic acid groups (broad SMARTS) is 1. The van der Waals surface area contributed by atoms with Crippen molar-refractivity contribution < 1.29 is 9.90 Å². The fourth-order valence-electron chi connectivity index (χ4n) is 2.36. The number of para-hydroxylation sites is 2. The van der Waals surface area contributed by atoms with Gasteiger partial charge in [-0.25, -0.2) is 9.78 Å². The number of benzene rings is 1. The van der Waals surface area contributed by atoms with Gasteiger partial charge in [0, 0.05) is 6.54 Å². The average Bonchev–Trinajstić information content (AvgIpc) is 2.62. The van der Waals surface area contributed by atoms with Gasteiger partial charge in [-0.05, 0) is 30.9 Å². The van der Waals surface area contributed by atoms with E-state index in [4.69, 9.17) is 0 Å². The van der Waals surface area contributed by atoms with E-state index in [9.17, 15) is 9.90 Å². The number of rotatable bonds is 3. The van der Waals surface area contributed by atoms with Crippen LogP contribution in [-0.4, -0.2) is 20.6 Å². The normalized spacial score (nSPS) is 16.0. The molecule has 1 fully saturated rings. The molecule has 0 atom stereocenters. The average molecular weight is 230 g/mol. The topological polar surface area (TPSA) is 55.1 Å². The molecule has 0 bridgehead atoms. The van der Waals surface area contributed by atoms with Gasteiger partial charge in [-0.15, -0.1) is 0 Å². The van der Waals surface area contributed by atoms with Gasteiger partial charge in [-0.3, -0.25) is 0 Å². The van der Waals surface area contributed by atoms with Crippen LogP contribution in [0.3, 0.4) is 0 Å². The van der Waals surface area contributed by atoms with Crippen molar-refractivity contribution in [3.8, 4) is 0 Å². The highest BCUT2D eigenvalue weighted by Gasteiger charge is 2.23. The van der Waals surface area contributed by atoms with Gasteiger partial charge in [0.25, 0.3) is 0 Å². The molecule has 2 aromatic rings. The van der Waals surface area contributed by atoms with Gasteiger partial charge in [-0.2, -0.15) is 0 Å². The summed E-state index contributed by atoms with van der Waals surface area (Å²) in [5.41, 5.74) is 1.70. The third-order valence-corrected chi connectivity index (χ3v) is 3.51. The summed E-state index contributed by atoms with van der Waals surface area (Å²) in [6.07, 6.45) is 3.66. The third kappa shape index (κ3) is 1.69. The smallest absolute Gasteiger partial charge is 0.372 e. The maximum absolute atomic E-state index is 11.2. The van der Waals surface area contributed by atoms with Crippen LogP contribution >= 0.6 is 0 Å². The Morgan fingerprint density at radius 2 is 2.18 bits per heavy atom. The van der Waals surface area contributed by atoms with Crippen molar-refractivity contribution >= 4 is 17.0 Å². The lowest BCUT2D eigenvalue weighted by Gasteiger charge is -2.26. The van der Waals surface area contributed by atoms with Crippen molar-refractivity contribution in [1.29, 1.82) is 0 Å². The molecule has 1 aliphatic rings. The van der Waals surface area contributed by atoms with Crippen molar-refractivity contribution in [2.75, 3.05) is 0 Å². The molecule has 0 spiro atoms. The molecule has 4 heteroatoms. The predicted octanol–water partition coefficient (Wildman–Crippen LogP) is 2.53. The molecule has 1 aliphatic carbocycles. The first-order valence-corrected chi connectivity index (χ1v) is 5.94. The molecule has 0 saturated heterocycles. The zero-order valence-electron chi connectivity index (χ0n) is 9.47. The summed E-state index contributed by atoms with van der Waals surface area (Å²) in [7, 11) is 0. The van der Waals surface area contributed by atoms with Gasteiger partial charge in [0.05, 0.1) is 11.0 Å². The largest absolute Gasteiger partial charge is 0.475 e. The number of aromatic nitrogens is 2. The van der Waals surface area contributed by atoms with Crippen LogP contribution in [0.4, 0.5) is 0 Å². The highest BCUT2D eigenvalue weighted by atomic mass is 16.4. The van der Waals surface area contributed by atoms with Crippen molar-refractivity contribution in [3.05, 3.63) is 30.1 Å². The summed E-state index contributed by atoms with van der Waals surface area (Å²) >= 11 is 0. The molecule has 3 rings (SSSR count). The van der Waals surface area contributed by atoms with E-state index in [1.54, 1.807) is 0 Å². The van der Waals surface area contributed by atoms with Gasteiger partial charge in [0.2, 0.25) is 5.82 Å².